The van der Waals surface area contributed by atoms with E-state index in [1.54, 1.807) is 36.2 Å². The highest BCUT2D eigenvalue weighted by Gasteiger charge is 2.38. The summed E-state index contributed by atoms with van der Waals surface area (Å²) in [5.41, 5.74) is 1.23. The number of ether oxygens (including phenoxy) is 1. The largest absolute Gasteiger partial charge is 0.471 e. The topological polar surface area (TPSA) is 68.5 Å². The van der Waals surface area contributed by atoms with Crippen molar-refractivity contribution in [2.45, 2.75) is 31.7 Å². The molecule has 0 bridgehead atoms. The molecule has 0 N–H and O–H groups in total. The summed E-state index contributed by atoms with van der Waals surface area (Å²) in [6.07, 6.45) is -3.45. The van der Waals surface area contributed by atoms with E-state index in [4.69, 9.17) is 4.74 Å². The van der Waals surface area contributed by atoms with Gasteiger partial charge in [0, 0.05) is 25.8 Å². The van der Waals surface area contributed by atoms with Gasteiger partial charge in [-0.2, -0.15) is 18.2 Å². The first kappa shape index (κ1) is 17.4. The lowest BCUT2D eigenvalue weighted by Gasteiger charge is -2.20. The molecule has 1 fully saturated rings. The minimum Gasteiger partial charge on any atom is -0.368 e. The molecule has 2 heterocycles. The van der Waals surface area contributed by atoms with E-state index in [0.29, 0.717) is 18.7 Å². The van der Waals surface area contributed by atoms with Gasteiger partial charge in [0.25, 0.3) is 5.91 Å². The second-order valence-corrected chi connectivity index (χ2v) is 5.81. The molecule has 6 nitrogen and oxygen atoms in total. The summed E-state index contributed by atoms with van der Waals surface area (Å²) in [5.74, 6) is -1.59. The SMILES string of the molecule is CN(Cc1ccc(-c2noc(C(F)(F)F)n2)cc1)C(=O)C1CCCO1. The van der Waals surface area contributed by atoms with Crippen molar-refractivity contribution >= 4 is 5.91 Å². The number of rotatable bonds is 4. The van der Waals surface area contributed by atoms with Gasteiger partial charge >= 0.3 is 12.1 Å². The highest BCUT2D eigenvalue weighted by molar-refractivity contribution is 5.80. The van der Waals surface area contributed by atoms with E-state index in [1.165, 1.54) is 0 Å². The third kappa shape index (κ3) is 3.98. The minimum atomic E-state index is -4.67. The number of amides is 1. The first-order valence-electron chi connectivity index (χ1n) is 7.71. The lowest BCUT2D eigenvalue weighted by molar-refractivity contribution is -0.159. The second kappa shape index (κ2) is 6.83. The van der Waals surface area contributed by atoms with Crippen LogP contribution in [0.5, 0.6) is 0 Å². The molecule has 1 aliphatic heterocycles. The summed E-state index contributed by atoms with van der Waals surface area (Å²) in [6, 6.07) is 6.59. The number of halogens is 3. The lowest BCUT2D eigenvalue weighted by atomic mass is 10.1. The molecule has 0 spiro atoms. The third-order valence-corrected chi connectivity index (χ3v) is 3.88. The molecule has 0 aliphatic carbocycles. The summed E-state index contributed by atoms with van der Waals surface area (Å²) < 4.78 is 47.0. The molecule has 1 aromatic heterocycles. The fraction of sp³-hybridized carbons (Fsp3) is 0.438. The van der Waals surface area contributed by atoms with Crippen molar-refractivity contribution in [3.05, 3.63) is 35.7 Å². The van der Waals surface area contributed by atoms with Crippen LogP contribution in [0.15, 0.2) is 28.8 Å². The van der Waals surface area contributed by atoms with Crippen LogP contribution >= 0.6 is 0 Å². The van der Waals surface area contributed by atoms with Gasteiger partial charge in [-0.1, -0.05) is 29.4 Å². The third-order valence-electron chi connectivity index (χ3n) is 3.88. The van der Waals surface area contributed by atoms with Gasteiger partial charge in [-0.15, -0.1) is 0 Å². The molecule has 9 heteroatoms. The maximum atomic E-state index is 12.5. The molecule has 134 valence electrons. The van der Waals surface area contributed by atoms with Crippen LogP contribution in [-0.2, 0) is 22.3 Å². The van der Waals surface area contributed by atoms with E-state index in [2.05, 4.69) is 14.7 Å². The summed E-state index contributed by atoms with van der Waals surface area (Å²) >= 11 is 0. The number of likely N-dealkylation sites (N-methyl/N-ethyl adjacent to an activating group) is 1. The Hall–Kier alpha value is -2.42. The number of benzene rings is 1. The maximum Gasteiger partial charge on any atom is 0.471 e. The molecule has 1 aliphatic rings. The number of aromatic nitrogens is 2. The number of carbonyl (C=O) groups excluding carboxylic acids is 1. The summed E-state index contributed by atoms with van der Waals surface area (Å²) in [7, 11) is 1.69. The van der Waals surface area contributed by atoms with E-state index in [1.807, 2.05) is 0 Å². The molecule has 2 aromatic rings. The number of alkyl halides is 3. The van der Waals surface area contributed by atoms with Gasteiger partial charge < -0.3 is 14.2 Å². The van der Waals surface area contributed by atoms with Gasteiger partial charge in [0.1, 0.15) is 6.10 Å². The summed E-state index contributed by atoms with van der Waals surface area (Å²) in [4.78, 5) is 17.1. The van der Waals surface area contributed by atoms with Crippen LogP contribution in [0.3, 0.4) is 0 Å². The van der Waals surface area contributed by atoms with Crippen molar-refractivity contribution in [3.63, 3.8) is 0 Å². The molecule has 0 saturated carbocycles. The van der Waals surface area contributed by atoms with Crippen molar-refractivity contribution in [1.82, 2.24) is 15.0 Å². The van der Waals surface area contributed by atoms with E-state index < -0.39 is 12.1 Å². The monoisotopic (exact) mass is 355 g/mol. The van der Waals surface area contributed by atoms with E-state index in [9.17, 15) is 18.0 Å². The fourth-order valence-corrected chi connectivity index (χ4v) is 2.59. The highest BCUT2D eigenvalue weighted by atomic mass is 19.4. The van der Waals surface area contributed by atoms with Crippen LogP contribution in [0.2, 0.25) is 0 Å². The van der Waals surface area contributed by atoms with Gasteiger partial charge in [-0.3, -0.25) is 4.79 Å². The zero-order valence-corrected chi connectivity index (χ0v) is 13.4. The van der Waals surface area contributed by atoms with Crippen molar-refractivity contribution in [2.75, 3.05) is 13.7 Å². The molecule has 3 rings (SSSR count). The molecule has 25 heavy (non-hydrogen) atoms. The van der Waals surface area contributed by atoms with E-state index in [0.717, 1.165) is 18.4 Å². The zero-order chi connectivity index (χ0) is 18.0. The van der Waals surface area contributed by atoms with Crippen LogP contribution in [0.1, 0.15) is 24.3 Å². The Morgan fingerprint density at radius 1 is 1.32 bits per heavy atom. The van der Waals surface area contributed by atoms with Crippen LogP contribution in [-0.4, -0.2) is 40.7 Å². The molecular weight excluding hydrogens is 339 g/mol. The van der Waals surface area contributed by atoms with Gasteiger partial charge in [0.15, 0.2) is 0 Å². The van der Waals surface area contributed by atoms with Gasteiger partial charge in [0.2, 0.25) is 5.82 Å². The Kier molecular flexibility index (Phi) is 4.76. The summed E-state index contributed by atoms with van der Waals surface area (Å²) in [6.45, 7) is 0.975. The second-order valence-electron chi connectivity index (χ2n) is 5.81. The van der Waals surface area contributed by atoms with Crippen LogP contribution in [0, 0.1) is 0 Å². The Balaban J connectivity index is 1.66. The maximum absolute atomic E-state index is 12.5. The molecule has 0 radical (unpaired) electrons. The standard InChI is InChI=1S/C16H16F3N3O3/c1-22(14(23)12-3-2-8-24-12)9-10-4-6-11(7-5-10)13-20-15(25-21-13)16(17,18)19/h4-7,12H,2-3,8-9H2,1H3. The first-order chi connectivity index (χ1) is 11.8. The predicted octanol–water partition coefficient (Wildman–Crippen LogP) is 2.89. The zero-order valence-electron chi connectivity index (χ0n) is 13.4. The number of hydrogen-bond donors (Lipinski definition) is 0. The van der Waals surface area contributed by atoms with E-state index >= 15 is 0 Å². The Bertz CT molecular complexity index is 737. The van der Waals surface area contributed by atoms with Crippen molar-refractivity contribution < 1.29 is 27.2 Å². The number of hydrogen-bond acceptors (Lipinski definition) is 5. The Morgan fingerprint density at radius 2 is 2.04 bits per heavy atom. The highest BCUT2D eigenvalue weighted by Crippen LogP contribution is 2.29. The van der Waals surface area contributed by atoms with Crippen LogP contribution in [0.25, 0.3) is 11.4 Å². The van der Waals surface area contributed by atoms with Crippen LogP contribution < -0.4 is 0 Å². The number of nitrogens with zero attached hydrogens (tertiary/aromatic N) is 3. The minimum absolute atomic E-state index is 0.0745. The molecule has 1 saturated heterocycles. The van der Waals surface area contributed by atoms with Gasteiger partial charge in [0.05, 0.1) is 0 Å². The average molecular weight is 355 g/mol. The molecule has 1 unspecified atom stereocenters. The molecular formula is C16H16F3N3O3. The van der Waals surface area contributed by atoms with Crippen molar-refractivity contribution in [1.29, 1.82) is 0 Å². The smallest absolute Gasteiger partial charge is 0.368 e. The van der Waals surface area contributed by atoms with Crippen molar-refractivity contribution in [2.24, 2.45) is 0 Å². The first-order valence-corrected chi connectivity index (χ1v) is 7.71. The molecule has 1 aromatic carbocycles. The number of carbonyl (C=O) groups is 1. The van der Waals surface area contributed by atoms with Gasteiger partial charge in [-0.25, -0.2) is 0 Å². The van der Waals surface area contributed by atoms with Crippen molar-refractivity contribution in [3.8, 4) is 11.4 Å². The predicted molar refractivity (Wildman–Crippen MR) is 80.2 cm³/mol. The van der Waals surface area contributed by atoms with Crippen LogP contribution in [0.4, 0.5) is 13.2 Å². The average Bonchev–Trinajstić information content (AvgIpc) is 3.26. The summed E-state index contributed by atoms with van der Waals surface area (Å²) in [5, 5.41) is 3.34. The Labute approximate surface area is 141 Å². The molecule has 1 amide bonds. The van der Waals surface area contributed by atoms with E-state index in [-0.39, 0.29) is 17.8 Å². The molecule has 1 atom stereocenters. The quantitative estimate of drug-likeness (QED) is 0.844. The van der Waals surface area contributed by atoms with Gasteiger partial charge in [-0.05, 0) is 18.4 Å². The fourth-order valence-electron chi connectivity index (χ4n) is 2.59. The Morgan fingerprint density at radius 3 is 2.60 bits per heavy atom. The lowest BCUT2D eigenvalue weighted by Crippen LogP contribution is -2.35. The normalized spacial score (nSPS) is 17.7.